The van der Waals surface area contributed by atoms with Gasteiger partial charge in [-0.05, 0) is 10.6 Å². The van der Waals surface area contributed by atoms with Crippen molar-refractivity contribution < 1.29 is 20.1 Å². The van der Waals surface area contributed by atoms with Gasteiger partial charge in [-0.2, -0.15) is 0 Å². The van der Waals surface area contributed by atoms with Crippen LogP contribution in [0.2, 0.25) is 0 Å². The average molecular weight is 308 g/mol. The SMILES string of the molecule is [N-]=[N+]=Nc1nc2c(N)ncnc2n1C1O[C@H](CO)[C@@H](O)[C@H]1O. The number of aliphatic hydroxyl groups is 3. The van der Waals surface area contributed by atoms with Crippen LogP contribution in [-0.2, 0) is 4.74 Å². The van der Waals surface area contributed by atoms with Crippen LogP contribution in [0, 0.1) is 0 Å². The molecule has 0 aromatic carbocycles. The van der Waals surface area contributed by atoms with Gasteiger partial charge in [0.1, 0.15) is 24.6 Å². The van der Waals surface area contributed by atoms with Crippen molar-refractivity contribution in [1.82, 2.24) is 19.5 Å². The van der Waals surface area contributed by atoms with Crippen LogP contribution in [0.25, 0.3) is 21.6 Å². The van der Waals surface area contributed by atoms with E-state index in [4.69, 9.17) is 21.1 Å². The molecule has 12 heteroatoms. The van der Waals surface area contributed by atoms with Crippen LogP contribution >= 0.6 is 0 Å². The molecule has 0 amide bonds. The van der Waals surface area contributed by atoms with Crippen LogP contribution in [-0.4, -0.2) is 59.8 Å². The number of hydrogen-bond donors (Lipinski definition) is 4. The molecule has 0 saturated carbocycles. The number of nitrogens with zero attached hydrogens (tertiary/aromatic N) is 7. The Morgan fingerprint density at radius 1 is 1.41 bits per heavy atom. The number of anilines is 1. The number of hydrogen-bond acceptors (Lipinski definition) is 9. The van der Waals surface area contributed by atoms with Gasteiger partial charge in [0, 0.05) is 4.91 Å². The molecule has 2 aromatic rings. The predicted molar refractivity (Wildman–Crippen MR) is 71.6 cm³/mol. The molecule has 0 spiro atoms. The molecule has 22 heavy (non-hydrogen) atoms. The third kappa shape index (κ3) is 2.03. The first-order valence-corrected chi connectivity index (χ1v) is 6.24. The lowest BCUT2D eigenvalue weighted by atomic mass is 10.1. The fourth-order valence-electron chi connectivity index (χ4n) is 2.35. The Balaban J connectivity index is 2.19. The van der Waals surface area contributed by atoms with Crippen molar-refractivity contribution in [3.05, 3.63) is 16.8 Å². The molecule has 4 atom stereocenters. The van der Waals surface area contributed by atoms with E-state index < -0.39 is 31.1 Å². The number of aromatic nitrogens is 4. The number of rotatable bonds is 3. The summed E-state index contributed by atoms with van der Waals surface area (Å²) < 4.78 is 6.61. The van der Waals surface area contributed by atoms with E-state index in [1.807, 2.05) is 0 Å². The Labute approximate surface area is 122 Å². The highest BCUT2D eigenvalue weighted by Gasteiger charge is 2.44. The van der Waals surface area contributed by atoms with Crippen molar-refractivity contribution in [2.45, 2.75) is 24.5 Å². The molecular formula is C10H12N8O4. The highest BCUT2D eigenvalue weighted by atomic mass is 16.6. The lowest BCUT2D eigenvalue weighted by molar-refractivity contribution is -0.0502. The second-order valence-corrected chi connectivity index (χ2v) is 4.63. The van der Waals surface area contributed by atoms with Gasteiger partial charge in [-0.25, -0.2) is 15.0 Å². The van der Waals surface area contributed by atoms with Crippen LogP contribution in [0.3, 0.4) is 0 Å². The summed E-state index contributed by atoms with van der Waals surface area (Å²) in [5, 5.41) is 32.5. The quantitative estimate of drug-likeness (QED) is 0.314. The van der Waals surface area contributed by atoms with Crippen LogP contribution in [0.15, 0.2) is 11.4 Å². The summed E-state index contributed by atoms with van der Waals surface area (Å²) in [5.74, 6) is -0.0931. The maximum Gasteiger partial charge on any atom is 0.201 e. The molecule has 0 radical (unpaired) electrons. The Morgan fingerprint density at radius 2 is 2.18 bits per heavy atom. The second-order valence-electron chi connectivity index (χ2n) is 4.63. The van der Waals surface area contributed by atoms with E-state index in [-0.39, 0.29) is 22.9 Å². The van der Waals surface area contributed by atoms with E-state index in [1.54, 1.807) is 0 Å². The topological polar surface area (TPSA) is 188 Å². The van der Waals surface area contributed by atoms with E-state index in [2.05, 4.69) is 25.0 Å². The van der Waals surface area contributed by atoms with Gasteiger partial charge >= 0.3 is 0 Å². The molecular weight excluding hydrogens is 296 g/mol. The van der Waals surface area contributed by atoms with Crippen molar-refractivity contribution in [1.29, 1.82) is 0 Å². The maximum atomic E-state index is 10.1. The van der Waals surface area contributed by atoms with E-state index >= 15 is 0 Å². The summed E-state index contributed by atoms with van der Waals surface area (Å²) in [7, 11) is 0. The normalized spacial score (nSPS) is 28.0. The van der Waals surface area contributed by atoms with Gasteiger partial charge < -0.3 is 25.8 Å². The monoisotopic (exact) mass is 308 g/mol. The van der Waals surface area contributed by atoms with Crippen molar-refractivity contribution in [3.63, 3.8) is 0 Å². The van der Waals surface area contributed by atoms with E-state index in [9.17, 15) is 10.2 Å². The van der Waals surface area contributed by atoms with Gasteiger partial charge in [0.05, 0.1) is 6.61 Å². The summed E-state index contributed by atoms with van der Waals surface area (Å²) in [5.41, 5.74) is 14.7. The fourth-order valence-corrected chi connectivity index (χ4v) is 2.35. The summed E-state index contributed by atoms with van der Waals surface area (Å²) in [6, 6.07) is 0. The Bertz CT molecular complexity index is 757. The first kappa shape index (κ1) is 14.4. The van der Waals surface area contributed by atoms with Gasteiger partial charge in [-0.1, -0.05) is 0 Å². The van der Waals surface area contributed by atoms with Gasteiger partial charge in [0.25, 0.3) is 0 Å². The van der Waals surface area contributed by atoms with Crippen molar-refractivity contribution in [3.8, 4) is 0 Å². The summed E-state index contributed by atoms with van der Waals surface area (Å²) in [6.07, 6.45) is -3.65. The summed E-state index contributed by atoms with van der Waals surface area (Å²) in [4.78, 5) is 14.4. The number of imidazole rings is 1. The number of ether oxygens (including phenoxy) is 1. The minimum absolute atomic E-state index is 0.0601. The lowest BCUT2D eigenvalue weighted by Gasteiger charge is -2.17. The van der Waals surface area contributed by atoms with E-state index in [0.717, 1.165) is 0 Å². The smallest absolute Gasteiger partial charge is 0.201 e. The van der Waals surface area contributed by atoms with Crippen LogP contribution in [0.4, 0.5) is 11.8 Å². The van der Waals surface area contributed by atoms with Crippen LogP contribution in [0.1, 0.15) is 6.23 Å². The number of nitrogen functional groups attached to an aromatic ring is 1. The molecule has 1 unspecified atom stereocenters. The number of azide groups is 1. The van der Waals surface area contributed by atoms with E-state index in [0.29, 0.717) is 0 Å². The average Bonchev–Trinajstić information content (AvgIpc) is 3.00. The zero-order chi connectivity index (χ0) is 15.9. The van der Waals surface area contributed by atoms with Gasteiger partial charge in [-0.15, -0.1) is 0 Å². The highest BCUT2D eigenvalue weighted by molar-refractivity contribution is 5.83. The molecule has 1 fully saturated rings. The van der Waals surface area contributed by atoms with Crippen LogP contribution in [0.5, 0.6) is 0 Å². The number of fused-ring (bicyclic) bond motifs is 1. The maximum absolute atomic E-state index is 10.1. The highest BCUT2D eigenvalue weighted by Crippen LogP contribution is 2.35. The third-order valence-electron chi connectivity index (χ3n) is 3.39. The Kier molecular flexibility index (Phi) is 3.52. The van der Waals surface area contributed by atoms with Crippen molar-refractivity contribution in [2.24, 2.45) is 5.11 Å². The zero-order valence-electron chi connectivity index (χ0n) is 11.1. The molecule has 0 bridgehead atoms. The Hall–Kier alpha value is -2.50. The van der Waals surface area contributed by atoms with Crippen molar-refractivity contribution >= 4 is 22.9 Å². The van der Waals surface area contributed by atoms with E-state index in [1.165, 1.54) is 10.9 Å². The molecule has 2 aromatic heterocycles. The molecule has 1 saturated heterocycles. The standard InChI is InChI=1S/C10H12N8O4/c11-7-4-8(14-2-13-7)18(10(15-4)16-17-12)9-6(21)5(20)3(1-19)22-9/h2-3,5-6,9,19-21H,1H2,(H2,11,13,14)/t3-,5-,6-,9?/m1/s1. The number of aliphatic hydroxyl groups excluding tert-OH is 3. The summed E-state index contributed by atoms with van der Waals surface area (Å²) >= 11 is 0. The first-order chi connectivity index (χ1) is 10.6. The molecule has 12 nitrogen and oxygen atoms in total. The lowest BCUT2D eigenvalue weighted by Crippen LogP contribution is -2.33. The summed E-state index contributed by atoms with van der Waals surface area (Å²) in [6.45, 7) is -0.491. The second kappa shape index (κ2) is 5.36. The molecule has 3 rings (SSSR count). The molecule has 1 aliphatic rings. The number of nitrogens with two attached hydrogens (primary N) is 1. The minimum Gasteiger partial charge on any atom is -0.394 e. The third-order valence-corrected chi connectivity index (χ3v) is 3.39. The molecule has 1 aliphatic heterocycles. The van der Waals surface area contributed by atoms with Gasteiger partial charge in [0.2, 0.25) is 5.95 Å². The molecule has 116 valence electrons. The molecule has 3 heterocycles. The predicted octanol–water partition coefficient (Wildman–Crippen LogP) is -1.04. The zero-order valence-corrected chi connectivity index (χ0v) is 11.1. The minimum atomic E-state index is -1.38. The Morgan fingerprint density at radius 3 is 2.82 bits per heavy atom. The van der Waals surface area contributed by atoms with Gasteiger partial charge in [0.15, 0.2) is 23.2 Å². The first-order valence-electron chi connectivity index (χ1n) is 6.24. The van der Waals surface area contributed by atoms with Crippen molar-refractivity contribution in [2.75, 3.05) is 12.3 Å². The van der Waals surface area contributed by atoms with Gasteiger partial charge in [-0.3, -0.25) is 4.57 Å². The van der Waals surface area contributed by atoms with Crippen LogP contribution < -0.4 is 5.73 Å². The fraction of sp³-hybridized carbons (Fsp3) is 0.500. The molecule has 5 N–H and O–H groups in total. The largest absolute Gasteiger partial charge is 0.394 e. The molecule has 0 aliphatic carbocycles.